The van der Waals surface area contributed by atoms with E-state index in [1.807, 2.05) is 25.1 Å². The zero-order valence-electron chi connectivity index (χ0n) is 11.2. The fourth-order valence-corrected chi connectivity index (χ4v) is 1.66. The Morgan fingerprint density at radius 3 is 2.61 bits per heavy atom. The molecule has 0 aromatic heterocycles. The molecule has 0 spiro atoms. The molecular formula is C14H23NO3. The molecule has 1 aromatic carbocycles. The van der Waals surface area contributed by atoms with Gasteiger partial charge in [0, 0.05) is 12.6 Å². The highest BCUT2D eigenvalue weighted by Gasteiger charge is 2.07. The lowest BCUT2D eigenvalue weighted by molar-refractivity contribution is 0.260. The number of aliphatic hydroxyl groups is 1. The summed E-state index contributed by atoms with van der Waals surface area (Å²) in [5, 5.41) is 8.67. The molecule has 0 saturated heterocycles. The van der Waals surface area contributed by atoms with E-state index < -0.39 is 0 Å². The number of nitrogens with two attached hydrogens (primary N) is 1. The molecule has 0 bridgehead atoms. The van der Waals surface area contributed by atoms with Gasteiger partial charge in [0.15, 0.2) is 11.5 Å². The Kier molecular flexibility index (Phi) is 6.54. The van der Waals surface area contributed by atoms with Gasteiger partial charge in [-0.05, 0) is 43.9 Å². The quantitative estimate of drug-likeness (QED) is 0.697. The van der Waals surface area contributed by atoms with Crippen LogP contribution < -0.4 is 15.2 Å². The molecule has 0 radical (unpaired) electrons. The summed E-state index contributed by atoms with van der Waals surface area (Å²) in [6.45, 7) is 2.81. The van der Waals surface area contributed by atoms with Crippen molar-refractivity contribution in [2.45, 2.75) is 32.2 Å². The van der Waals surface area contributed by atoms with E-state index in [9.17, 15) is 0 Å². The molecule has 4 nitrogen and oxygen atoms in total. The first-order valence-electron chi connectivity index (χ1n) is 6.36. The van der Waals surface area contributed by atoms with Crippen molar-refractivity contribution in [3.8, 4) is 11.5 Å². The fourth-order valence-electron chi connectivity index (χ4n) is 1.66. The minimum Gasteiger partial charge on any atom is -0.493 e. The van der Waals surface area contributed by atoms with Crippen molar-refractivity contribution in [3.05, 3.63) is 23.8 Å². The predicted molar refractivity (Wildman–Crippen MR) is 72.0 cm³/mol. The second-order valence-corrected chi connectivity index (χ2v) is 4.33. The van der Waals surface area contributed by atoms with E-state index in [0.29, 0.717) is 12.4 Å². The van der Waals surface area contributed by atoms with E-state index in [1.165, 1.54) is 0 Å². The van der Waals surface area contributed by atoms with Crippen LogP contribution in [0, 0.1) is 0 Å². The second kappa shape index (κ2) is 7.95. The summed E-state index contributed by atoms with van der Waals surface area (Å²) in [5.74, 6) is 1.46. The lowest BCUT2D eigenvalue weighted by Crippen LogP contribution is -2.06. The van der Waals surface area contributed by atoms with E-state index in [1.54, 1.807) is 7.11 Å². The van der Waals surface area contributed by atoms with Gasteiger partial charge in [-0.2, -0.15) is 0 Å². The SMILES string of the molecule is COc1cc([C@H](C)N)ccc1OCCCCCO. The molecule has 0 saturated carbocycles. The largest absolute Gasteiger partial charge is 0.493 e. The van der Waals surface area contributed by atoms with Crippen molar-refractivity contribution < 1.29 is 14.6 Å². The molecule has 3 N–H and O–H groups in total. The number of aliphatic hydroxyl groups excluding tert-OH is 1. The van der Waals surface area contributed by atoms with Gasteiger partial charge in [0.05, 0.1) is 13.7 Å². The van der Waals surface area contributed by atoms with Crippen LogP contribution in [0.2, 0.25) is 0 Å². The molecule has 1 aromatic rings. The van der Waals surface area contributed by atoms with Crippen molar-refractivity contribution in [1.29, 1.82) is 0 Å². The molecule has 1 rings (SSSR count). The van der Waals surface area contributed by atoms with Crippen LogP contribution in [-0.2, 0) is 0 Å². The van der Waals surface area contributed by atoms with Crippen LogP contribution in [0.5, 0.6) is 11.5 Å². The highest BCUT2D eigenvalue weighted by molar-refractivity contribution is 5.43. The third-order valence-electron chi connectivity index (χ3n) is 2.77. The maximum Gasteiger partial charge on any atom is 0.161 e. The molecule has 0 aliphatic rings. The smallest absolute Gasteiger partial charge is 0.161 e. The first kappa shape index (κ1) is 14.8. The van der Waals surface area contributed by atoms with E-state index in [0.717, 1.165) is 30.6 Å². The molecule has 0 amide bonds. The van der Waals surface area contributed by atoms with Crippen molar-refractivity contribution in [2.24, 2.45) is 5.73 Å². The molecular weight excluding hydrogens is 230 g/mol. The molecule has 18 heavy (non-hydrogen) atoms. The van der Waals surface area contributed by atoms with Crippen LogP contribution in [0.1, 0.15) is 37.8 Å². The third kappa shape index (κ3) is 4.55. The van der Waals surface area contributed by atoms with Gasteiger partial charge in [0.1, 0.15) is 0 Å². The van der Waals surface area contributed by atoms with Gasteiger partial charge in [-0.15, -0.1) is 0 Å². The molecule has 0 aliphatic carbocycles. The topological polar surface area (TPSA) is 64.7 Å². The van der Waals surface area contributed by atoms with Crippen molar-refractivity contribution in [1.82, 2.24) is 0 Å². The molecule has 0 aliphatic heterocycles. The van der Waals surface area contributed by atoms with Gasteiger partial charge in [-0.25, -0.2) is 0 Å². The van der Waals surface area contributed by atoms with Gasteiger partial charge in [0.2, 0.25) is 0 Å². The second-order valence-electron chi connectivity index (χ2n) is 4.33. The number of unbranched alkanes of at least 4 members (excludes halogenated alkanes) is 2. The summed E-state index contributed by atoms with van der Waals surface area (Å²) in [6, 6.07) is 5.74. The van der Waals surface area contributed by atoms with Crippen LogP contribution in [0.25, 0.3) is 0 Å². The number of hydrogen-bond donors (Lipinski definition) is 2. The summed E-state index contributed by atoms with van der Waals surface area (Å²) in [6.07, 6.45) is 2.72. The first-order chi connectivity index (χ1) is 8.69. The Morgan fingerprint density at radius 2 is 2.00 bits per heavy atom. The monoisotopic (exact) mass is 253 g/mol. The van der Waals surface area contributed by atoms with Gasteiger partial charge >= 0.3 is 0 Å². The zero-order chi connectivity index (χ0) is 13.4. The van der Waals surface area contributed by atoms with Crippen LogP contribution in [0.15, 0.2) is 18.2 Å². The Hall–Kier alpha value is -1.26. The highest BCUT2D eigenvalue weighted by atomic mass is 16.5. The molecule has 1 atom stereocenters. The predicted octanol–water partition coefficient (Wildman–Crippen LogP) is 2.26. The molecule has 0 fully saturated rings. The summed E-state index contributed by atoms with van der Waals surface area (Å²) < 4.78 is 11.0. The normalized spacial score (nSPS) is 12.2. The minimum atomic E-state index is -0.0162. The highest BCUT2D eigenvalue weighted by Crippen LogP contribution is 2.29. The maximum atomic E-state index is 8.67. The Balaban J connectivity index is 2.54. The zero-order valence-corrected chi connectivity index (χ0v) is 11.2. The fraction of sp³-hybridized carbons (Fsp3) is 0.571. The molecule has 4 heteroatoms. The summed E-state index contributed by atoms with van der Waals surface area (Å²) in [4.78, 5) is 0. The summed E-state index contributed by atoms with van der Waals surface area (Å²) in [7, 11) is 1.62. The van der Waals surface area contributed by atoms with Crippen molar-refractivity contribution in [3.63, 3.8) is 0 Å². The molecule has 0 heterocycles. The third-order valence-corrected chi connectivity index (χ3v) is 2.77. The maximum absolute atomic E-state index is 8.67. The van der Waals surface area contributed by atoms with Crippen LogP contribution in [-0.4, -0.2) is 25.4 Å². The summed E-state index contributed by atoms with van der Waals surface area (Å²) >= 11 is 0. The first-order valence-corrected chi connectivity index (χ1v) is 6.36. The van der Waals surface area contributed by atoms with Crippen LogP contribution in [0.3, 0.4) is 0 Å². The Labute approximate surface area is 109 Å². The minimum absolute atomic E-state index is 0.0162. The van der Waals surface area contributed by atoms with Gasteiger partial charge in [-0.1, -0.05) is 6.07 Å². The van der Waals surface area contributed by atoms with Crippen LogP contribution in [0.4, 0.5) is 0 Å². The van der Waals surface area contributed by atoms with E-state index in [-0.39, 0.29) is 12.6 Å². The standard InChI is InChI=1S/C14H23NO3/c1-11(15)12-6-7-13(14(10-12)17-2)18-9-5-3-4-8-16/h6-7,10-11,16H,3-5,8-9,15H2,1-2H3/t11-/m0/s1. The lowest BCUT2D eigenvalue weighted by Gasteiger charge is -2.13. The van der Waals surface area contributed by atoms with Crippen molar-refractivity contribution >= 4 is 0 Å². The molecule has 0 unspecified atom stereocenters. The Bertz CT molecular complexity index is 353. The number of rotatable bonds is 8. The van der Waals surface area contributed by atoms with E-state index in [4.69, 9.17) is 20.3 Å². The van der Waals surface area contributed by atoms with Gasteiger partial charge in [-0.3, -0.25) is 0 Å². The average Bonchev–Trinajstić information content (AvgIpc) is 2.38. The number of benzene rings is 1. The van der Waals surface area contributed by atoms with Crippen molar-refractivity contribution in [2.75, 3.05) is 20.3 Å². The number of hydrogen-bond acceptors (Lipinski definition) is 4. The van der Waals surface area contributed by atoms with E-state index in [2.05, 4.69) is 0 Å². The summed E-state index contributed by atoms with van der Waals surface area (Å²) in [5.41, 5.74) is 6.85. The van der Waals surface area contributed by atoms with Gasteiger partial charge in [0.25, 0.3) is 0 Å². The lowest BCUT2D eigenvalue weighted by atomic mass is 10.1. The Morgan fingerprint density at radius 1 is 1.22 bits per heavy atom. The molecule has 102 valence electrons. The van der Waals surface area contributed by atoms with Crippen LogP contribution >= 0.6 is 0 Å². The number of ether oxygens (including phenoxy) is 2. The number of methoxy groups -OCH3 is 1. The van der Waals surface area contributed by atoms with Gasteiger partial charge < -0.3 is 20.3 Å². The van der Waals surface area contributed by atoms with E-state index >= 15 is 0 Å². The average molecular weight is 253 g/mol.